The predicted octanol–water partition coefficient (Wildman–Crippen LogP) is 1.68. The highest BCUT2D eigenvalue weighted by molar-refractivity contribution is 7.15. The number of hydrogen-bond donors (Lipinski definition) is 2. The van der Waals surface area contributed by atoms with Crippen LogP contribution in [0.5, 0.6) is 0 Å². The highest BCUT2D eigenvalue weighted by Crippen LogP contribution is 2.20. The Bertz CT molecular complexity index is 1050. The molecule has 2 N–H and O–H groups in total. The van der Waals surface area contributed by atoms with Crippen molar-refractivity contribution in [3.05, 3.63) is 69.4 Å². The van der Waals surface area contributed by atoms with E-state index in [2.05, 4.69) is 9.98 Å². The first kappa shape index (κ1) is 18.5. The topological polar surface area (TPSA) is 83.6 Å². The van der Waals surface area contributed by atoms with Crippen molar-refractivity contribution in [3.63, 3.8) is 0 Å². The van der Waals surface area contributed by atoms with Crippen molar-refractivity contribution in [3.8, 4) is 0 Å². The van der Waals surface area contributed by atoms with E-state index in [4.69, 9.17) is 9.31 Å². The monoisotopic (exact) mass is 402 g/mol. The molecule has 2 aromatic carbocycles. The molecule has 3 heterocycles. The molecule has 5 rings (SSSR count). The van der Waals surface area contributed by atoms with E-state index >= 15 is 0 Å². The standard InChI is InChI=1S/C20H16B2N2O4S/c25-21-19-7-15(3-1-13(19)11-27-21)23-9-17-5-6-18(29-17)10-24-16-4-2-14-12-28-22(26)20(14)8-16/h1-10,25-26H,11-12H2. The minimum Gasteiger partial charge on any atom is -0.423 e. The van der Waals surface area contributed by atoms with Crippen molar-refractivity contribution in [2.24, 2.45) is 9.98 Å². The van der Waals surface area contributed by atoms with Gasteiger partial charge in [-0.1, -0.05) is 12.1 Å². The van der Waals surface area contributed by atoms with E-state index < -0.39 is 14.2 Å². The van der Waals surface area contributed by atoms with Crippen molar-refractivity contribution in [2.75, 3.05) is 0 Å². The molecular formula is C20H16B2N2O4S. The average molecular weight is 402 g/mol. The molecule has 2 aliphatic heterocycles. The summed E-state index contributed by atoms with van der Waals surface area (Å²) in [6.45, 7) is 0.870. The Morgan fingerprint density at radius 3 is 1.72 bits per heavy atom. The van der Waals surface area contributed by atoms with Gasteiger partial charge in [-0.05, 0) is 58.5 Å². The zero-order valence-electron chi connectivity index (χ0n) is 15.4. The summed E-state index contributed by atoms with van der Waals surface area (Å²) in [5.74, 6) is 0. The molecular weight excluding hydrogens is 386 g/mol. The molecule has 0 fully saturated rings. The summed E-state index contributed by atoms with van der Waals surface area (Å²) in [4.78, 5) is 11.0. The maximum absolute atomic E-state index is 9.81. The lowest BCUT2D eigenvalue weighted by Gasteiger charge is -1.99. The van der Waals surface area contributed by atoms with E-state index in [0.717, 1.165) is 43.2 Å². The van der Waals surface area contributed by atoms with Gasteiger partial charge < -0.3 is 19.4 Å². The molecule has 0 saturated heterocycles. The van der Waals surface area contributed by atoms with Crippen LogP contribution in [-0.2, 0) is 22.5 Å². The Morgan fingerprint density at radius 1 is 0.759 bits per heavy atom. The summed E-state index contributed by atoms with van der Waals surface area (Å²) >= 11 is 1.58. The van der Waals surface area contributed by atoms with Crippen LogP contribution in [0.25, 0.3) is 0 Å². The normalized spacial score (nSPS) is 15.7. The third-order valence-corrected chi connectivity index (χ3v) is 5.87. The fourth-order valence-corrected chi connectivity index (χ4v) is 4.10. The molecule has 0 spiro atoms. The van der Waals surface area contributed by atoms with Crippen molar-refractivity contribution in [1.82, 2.24) is 0 Å². The summed E-state index contributed by atoms with van der Waals surface area (Å²) in [6, 6.07) is 15.4. The number of nitrogens with zero attached hydrogens (tertiary/aromatic N) is 2. The Kier molecular flexibility index (Phi) is 4.91. The van der Waals surface area contributed by atoms with Gasteiger partial charge in [0.1, 0.15) is 0 Å². The van der Waals surface area contributed by atoms with Gasteiger partial charge in [0.05, 0.1) is 24.6 Å². The molecule has 0 saturated carbocycles. The lowest BCUT2D eigenvalue weighted by molar-refractivity contribution is 0.275. The zero-order chi connectivity index (χ0) is 19.8. The van der Waals surface area contributed by atoms with E-state index in [9.17, 15) is 10.0 Å². The Balaban J connectivity index is 1.29. The largest absolute Gasteiger partial charge is 0.491 e. The van der Waals surface area contributed by atoms with E-state index in [0.29, 0.717) is 13.2 Å². The van der Waals surface area contributed by atoms with E-state index in [1.807, 2.05) is 48.5 Å². The van der Waals surface area contributed by atoms with Crippen molar-refractivity contribution >= 4 is 60.3 Å². The number of rotatable bonds is 4. The molecule has 0 bridgehead atoms. The second-order valence-electron chi connectivity index (χ2n) is 6.85. The second kappa shape index (κ2) is 7.70. The van der Waals surface area contributed by atoms with Gasteiger partial charge >= 0.3 is 14.2 Å². The lowest BCUT2D eigenvalue weighted by Crippen LogP contribution is -2.27. The van der Waals surface area contributed by atoms with Crippen LogP contribution in [0.2, 0.25) is 0 Å². The molecule has 6 nitrogen and oxygen atoms in total. The number of aliphatic imine (C=N–C) groups is 2. The quantitative estimate of drug-likeness (QED) is 0.514. The van der Waals surface area contributed by atoms with Crippen molar-refractivity contribution in [2.45, 2.75) is 13.2 Å². The first-order valence-electron chi connectivity index (χ1n) is 9.19. The lowest BCUT2D eigenvalue weighted by atomic mass is 9.79. The smallest absolute Gasteiger partial charge is 0.423 e. The number of hydrogen-bond acceptors (Lipinski definition) is 7. The number of thiophene rings is 1. The summed E-state index contributed by atoms with van der Waals surface area (Å²) < 4.78 is 10.4. The highest BCUT2D eigenvalue weighted by Gasteiger charge is 2.27. The number of benzene rings is 2. The Hall–Kier alpha value is -2.55. The molecule has 0 atom stereocenters. The van der Waals surface area contributed by atoms with E-state index in [-0.39, 0.29) is 0 Å². The van der Waals surface area contributed by atoms with Gasteiger partial charge in [-0.25, -0.2) is 0 Å². The molecule has 2 aliphatic rings. The van der Waals surface area contributed by atoms with Gasteiger partial charge in [-0.3, -0.25) is 9.98 Å². The summed E-state index contributed by atoms with van der Waals surface area (Å²) in [6.07, 6.45) is 3.60. The van der Waals surface area contributed by atoms with Gasteiger partial charge in [0.25, 0.3) is 0 Å². The Morgan fingerprint density at radius 2 is 1.24 bits per heavy atom. The van der Waals surface area contributed by atoms with Crippen LogP contribution >= 0.6 is 11.3 Å². The van der Waals surface area contributed by atoms with Gasteiger partial charge in [-0.2, -0.15) is 0 Å². The SMILES string of the molecule is OB1OCc2ccc(N=Cc3ccc(C=Nc4ccc5c(c4)B(O)OC5)s3)cc21. The third-order valence-electron chi connectivity index (χ3n) is 4.91. The molecule has 0 amide bonds. The highest BCUT2D eigenvalue weighted by atomic mass is 32.1. The summed E-state index contributed by atoms with van der Waals surface area (Å²) in [5.41, 5.74) is 5.10. The van der Waals surface area contributed by atoms with Gasteiger partial charge in [-0.15, -0.1) is 11.3 Å². The fraction of sp³-hybridized carbons (Fsp3) is 0.100. The molecule has 1 aromatic heterocycles. The van der Waals surface area contributed by atoms with Crippen LogP contribution in [0.3, 0.4) is 0 Å². The first-order valence-corrected chi connectivity index (χ1v) is 10.0. The number of fused-ring (bicyclic) bond motifs is 2. The zero-order valence-corrected chi connectivity index (χ0v) is 16.2. The van der Waals surface area contributed by atoms with Gasteiger partial charge in [0, 0.05) is 22.2 Å². The van der Waals surface area contributed by atoms with E-state index in [1.54, 1.807) is 23.8 Å². The minimum atomic E-state index is -0.864. The third kappa shape index (κ3) is 3.83. The molecule has 0 unspecified atom stereocenters. The molecule has 142 valence electrons. The predicted molar refractivity (Wildman–Crippen MR) is 117 cm³/mol. The maximum atomic E-state index is 9.81. The van der Waals surface area contributed by atoms with Crippen LogP contribution < -0.4 is 10.9 Å². The first-order chi connectivity index (χ1) is 14.2. The molecule has 0 aliphatic carbocycles. The van der Waals surface area contributed by atoms with Crippen LogP contribution in [0, 0.1) is 0 Å². The summed E-state index contributed by atoms with van der Waals surface area (Å²) in [5, 5.41) is 19.6. The average Bonchev–Trinajstić information content (AvgIpc) is 3.45. The van der Waals surface area contributed by atoms with Crippen LogP contribution in [0.1, 0.15) is 20.9 Å². The van der Waals surface area contributed by atoms with Gasteiger partial charge in [0.15, 0.2) is 0 Å². The molecule has 3 aromatic rings. The fourth-order valence-electron chi connectivity index (χ4n) is 3.35. The van der Waals surface area contributed by atoms with Crippen LogP contribution in [0.4, 0.5) is 11.4 Å². The Labute approximate surface area is 172 Å². The molecule has 29 heavy (non-hydrogen) atoms. The van der Waals surface area contributed by atoms with Crippen LogP contribution in [-0.4, -0.2) is 36.7 Å². The molecule has 0 radical (unpaired) electrons. The summed E-state index contributed by atoms with van der Waals surface area (Å²) in [7, 11) is -1.73. The molecule has 9 heteroatoms. The van der Waals surface area contributed by atoms with Crippen LogP contribution in [0.15, 0.2) is 58.5 Å². The maximum Gasteiger partial charge on any atom is 0.491 e. The van der Waals surface area contributed by atoms with Gasteiger partial charge in [0.2, 0.25) is 0 Å². The van der Waals surface area contributed by atoms with Crippen molar-refractivity contribution in [1.29, 1.82) is 0 Å². The second-order valence-corrected chi connectivity index (χ2v) is 8.00. The van der Waals surface area contributed by atoms with E-state index in [1.165, 1.54) is 0 Å². The van der Waals surface area contributed by atoms with Crippen molar-refractivity contribution < 1.29 is 19.4 Å². The minimum absolute atomic E-state index is 0.435.